The van der Waals surface area contributed by atoms with Crippen LogP contribution in [0, 0.1) is 18.8 Å². The van der Waals surface area contributed by atoms with Crippen LogP contribution in [0.5, 0.6) is 0 Å². The minimum Gasteiger partial charge on any atom is -0.381 e. The first-order valence-corrected chi connectivity index (χ1v) is 11.4. The molecule has 2 fully saturated rings. The zero-order chi connectivity index (χ0) is 23.5. The number of hydrogen-bond acceptors (Lipinski definition) is 8. The predicted molar refractivity (Wildman–Crippen MR) is 125 cm³/mol. The fourth-order valence-corrected chi connectivity index (χ4v) is 3.82. The molecule has 3 aromatic heterocycles. The number of ether oxygens (including phenoxy) is 1. The number of anilines is 2. The maximum Gasteiger partial charge on any atom is 0.228 e. The number of aromatic nitrogens is 5. The van der Waals surface area contributed by atoms with Gasteiger partial charge in [0.05, 0.1) is 17.6 Å². The highest BCUT2D eigenvalue weighted by Crippen LogP contribution is 2.30. The Morgan fingerprint density at radius 2 is 1.68 bits per heavy atom. The van der Waals surface area contributed by atoms with Crippen LogP contribution in [0.4, 0.5) is 11.5 Å². The molecule has 174 valence electrons. The Morgan fingerprint density at radius 1 is 0.912 bits per heavy atom. The lowest BCUT2D eigenvalue weighted by molar-refractivity contribution is -0.122. The average molecular weight is 460 g/mol. The van der Waals surface area contributed by atoms with Crippen molar-refractivity contribution in [1.29, 1.82) is 0 Å². The van der Waals surface area contributed by atoms with E-state index < -0.39 is 0 Å². The predicted octanol–water partition coefficient (Wildman–Crippen LogP) is 3.02. The SMILES string of the molecule is Cc1ncc(NC(=O)C2CCOCC2)cc1-c1ccnc(-c2cc(NC(=O)C3CC3)ncn2)n1. The molecule has 3 aromatic rings. The second-order valence-corrected chi connectivity index (χ2v) is 8.55. The summed E-state index contributed by atoms with van der Waals surface area (Å²) in [6, 6.07) is 5.32. The molecule has 1 saturated heterocycles. The largest absolute Gasteiger partial charge is 0.381 e. The van der Waals surface area contributed by atoms with Gasteiger partial charge in [-0.15, -0.1) is 0 Å². The van der Waals surface area contributed by atoms with E-state index >= 15 is 0 Å². The van der Waals surface area contributed by atoms with Gasteiger partial charge in [-0.25, -0.2) is 19.9 Å². The van der Waals surface area contributed by atoms with Gasteiger partial charge in [0, 0.05) is 48.6 Å². The van der Waals surface area contributed by atoms with Crippen molar-refractivity contribution in [2.75, 3.05) is 23.8 Å². The summed E-state index contributed by atoms with van der Waals surface area (Å²) >= 11 is 0. The van der Waals surface area contributed by atoms with Crippen LogP contribution in [-0.2, 0) is 14.3 Å². The lowest BCUT2D eigenvalue weighted by Gasteiger charge is -2.21. The third kappa shape index (κ3) is 5.07. The van der Waals surface area contributed by atoms with Crippen LogP contribution in [0.3, 0.4) is 0 Å². The highest BCUT2D eigenvalue weighted by atomic mass is 16.5. The fourth-order valence-electron chi connectivity index (χ4n) is 3.82. The molecule has 10 nitrogen and oxygen atoms in total. The molecule has 0 unspecified atom stereocenters. The lowest BCUT2D eigenvalue weighted by atomic mass is 9.99. The van der Waals surface area contributed by atoms with Crippen LogP contribution < -0.4 is 10.6 Å². The van der Waals surface area contributed by atoms with Crippen molar-refractivity contribution in [3.8, 4) is 22.8 Å². The smallest absolute Gasteiger partial charge is 0.228 e. The maximum absolute atomic E-state index is 12.6. The van der Waals surface area contributed by atoms with E-state index in [0.717, 1.165) is 36.9 Å². The molecule has 34 heavy (non-hydrogen) atoms. The first-order valence-electron chi connectivity index (χ1n) is 11.4. The number of pyridine rings is 1. The molecule has 4 heterocycles. The van der Waals surface area contributed by atoms with E-state index in [0.29, 0.717) is 41.9 Å². The molecule has 1 aliphatic carbocycles. The molecular weight excluding hydrogens is 434 g/mol. The van der Waals surface area contributed by atoms with Gasteiger partial charge in [0.15, 0.2) is 5.82 Å². The number of aryl methyl sites for hydroxylation is 1. The van der Waals surface area contributed by atoms with Crippen molar-refractivity contribution in [3.63, 3.8) is 0 Å². The maximum atomic E-state index is 12.6. The van der Waals surface area contributed by atoms with Crippen molar-refractivity contribution in [2.24, 2.45) is 11.8 Å². The van der Waals surface area contributed by atoms with Gasteiger partial charge in [-0.3, -0.25) is 14.6 Å². The Hall–Kier alpha value is -3.79. The van der Waals surface area contributed by atoms with Crippen LogP contribution in [0.15, 0.2) is 36.9 Å². The third-order valence-corrected chi connectivity index (χ3v) is 5.97. The number of carbonyl (C=O) groups is 2. The van der Waals surface area contributed by atoms with Crippen LogP contribution in [0.2, 0.25) is 0 Å². The standard InChI is InChI=1S/C24H25N7O3/c1-14-18(10-17(12-26-14)29-23(32)16-5-8-34-9-6-16)19-4-7-25-22(30-19)20-11-21(28-13-27-20)31-24(33)15-2-3-15/h4,7,10-13,15-16H,2-3,5-6,8-9H2,1H3,(H,29,32)(H,27,28,31,33). The van der Waals surface area contributed by atoms with Crippen molar-refractivity contribution in [3.05, 3.63) is 42.6 Å². The van der Waals surface area contributed by atoms with Gasteiger partial charge in [0.2, 0.25) is 11.8 Å². The summed E-state index contributed by atoms with van der Waals surface area (Å²) in [5.74, 6) is 0.791. The molecule has 0 spiro atoms. The zero-order valence-electron chi connectivity index (χ0n) is 18.8. The van der Waals surface area contributed by atoms with E-state index in [1.165, 1.54) is 6.33 Å². The molecule has 5 rings (SSSR count). The van der Waals surface area contributed by atoms with Crippen LogP contribution in [0.25, 0.3) is 22.8 Å². The molecule has 0 atom stereocenters. The van der Waals surface area contributed by atoms with Crippen LogP contribution >= 0.6 is 0 Å². The Kier molecular flexibility index (Phi) is 6.22. The van der Waals surface area contributed by atoms with Crippen molar-refractivity contribution < 1.29 is 14.3 Å². The van der Waals surface area contributed by atoms with Gasteiger partial charge < -0.3 is 15.4 Å². The summed E-state index contributed by atoms with van der Waals surface area (Å²) in [7, 11) is 0. The van der Waals surface area contributed by atoms with E-state index in [-0.39, 0.29) is 23.7 Å². The van der Waals surface area contributed by atoms with Gasteiger partial charge in [-0.2, -0.15) is 0 Å². The summed E-state index contributed by atoms with van der Waals surface area (Å²) in [4.78, 5) is 46.6. The van der Waals surface area contributed by atoms with E-state index in [4.69, 9.17) is 4.74 Å². The first kappa shape index (κ1) is 22.0. The zero-order valence-corrected chi connectivity index (χ0v) is 18.8. The minimum atomic E-state index is -0.0588. The second kappa shape index (κ2) is 9.60. The quantitative estimate of drug-likeness (QED) is 0.575. The van der Waals surface area contributed by atoms with Gasteiger partial charge in [0.25, 0.3) is 0 Å². The number of hydrogen-bond donors (Lipinski definition) is 2. The Morgan fingerprint density at radius 3 is 2.47 bits per heavy atom. The van der Waals surface area contributed by atoms with Gasteiger partial charge in [0.1, 0.15) is 17.8 Å². The van der Waals surface area contributed by atoms with E-state index in [9.17, 15) is 9.59 Å². The number of rotatable bonds is 6. The van der Waals surface area contributed by atoms with Gasteiger partial charge in [-0.05, 0) is 44.7 Å². The number of amides is 2. The topological polar surface area (TPSA) is 132 Å². The second-order valence-electron chi connectivity index (χ2n) is 8.55. The number of carbonyl (C=O) groups excluding carboxylic acids is 2. The van der Waals surface area contributed by atoms with Crippen LogP contribution in [0.1, 0.15) is 31.4 Å². The summed E-state index contributed by atoms with van der Waals surface area (Å²) < 4.78 is 5.34. The summed E-state index contributed by atoms with van der Waals surface area (Å²) in [6.07, 6.45) is 7.94. The Labute approximate surface area is 196 Å². The fraction of sp³-hybridized carbons (Fsp3) is 0.375. The van der Waals surface area contributed by atoms with E-state index in [2.05, 4.69) is 35.6 Å². The molecule has 0 radical (unpaired) electrons. The third-order valence-electron chi connectivity index (χ3n) is 5.97. The first-order chi connectivity index (χ1) is 16.6. The molecule has 10 heteroatoms. The summed E-state index contributed by atoms with van der Waals surface area (Å²) in [5, 5.41) is 5.79. The van der Waals surface area contributed by atoms with Crippen molar-refractivity contribution >= 4 is 23.3 Å². The molecular formula is C24H25N7O3. The summed E-state index contributed by atoms with van der Waals surface area (Å²) in [5.41, 5.74) is 3.32. The minimum absolute atomic E-state index is 0.0231. The molecule has 0 bridgehead atoms. The molecule has 2 amide bonds. The molecule has 2 N–H and O–H groups in total. The molecule has 1 saturated carbocycles. The molecule has 1 aliphatic heterocycles. The molecule has 2 aliphatic rings. The van der Waals surface area contributed by atoms with Crippen molar-refractivity contribution in [2.45, 2.75) is 32.6 Å². The average Bonchev–Trinajstić information content (AvgIpc) is 3.72. The lowest BCUT2D eigenvalue weighted by Crippen LogP contribution is -2.28. The Bertz CT molecular complexity index is 1220. The molecule has 0 aromatic carbocycles. The Balaban J connectivity index is 1.37. The van der Waals surface area contributed by atoms with E-state index in [1.54, 1.807) is 24.5 Å². The monoisotopic (exact) mass is 459 g/mol. The van der Waals surface area contributed by atoms with Crippen molar-refractivity contribution in [1.82, 2.24) is 24.9 Å². The number of nitrogens with one attached hydrogen (secondary N) is 2. The highest BCUT2D eigenvalue weighted by Gasteiger charge is 2.30. The van der Waals surface area contributed by atoms with Gasteiger partial charge in [-0.1, -0.05) is 0 Å². The normalized spacial score (nSPS) is 16.1. The summed E-state index contributed by atoms with van der Waals surface area (Å²) in [6.45, 7) is 3.10. The van der Waals surface area contributed by atoms with E-state index in [1.807, 2.05) is 13.0 Å². The number of nitrogens with zero attached hydrogens (tertiary/aromatic N) is 5. The van der Waals surface area contributed by atoms with Gasteiger partial charge >= 0.3 is 0 Å². The highest BCUT2D eigenvalue weighted by molar-refractivity contribution is 5.94. The van der Waals surface area contributed by atoms with Crippen LogP contribution in [-0.4, -0.2) is 49.9 Å².